The van der Waals surface area contributed by atoms with Crippen molar-refractivity contribution in [1.82, 2.24) is 4.98 Å². The Hall–Kier alpha value is -0.940. The summed E-state index contributed by atoms with van der Waals surface area (Å²) >= 11 is 0. The second-order valence-electron chi connectivity index (χ2n) is 4.77. The van der Waals surface area contributed by atoms with Crippen LogP contribution < -0.4 is 0 Å². The Balaban J connectivity index is 3.48. The van der Waals surface area contributed by atoms with Gasteiger partial charge in [0.05, 0.1) is 0 Å². The zero-order valence-corrected chi connectivity index (χ0v) is 12.8. The fourth-order valence-electron chi connectivity index (χ4n) is 2.39. The molecular formula is C14H23NO3S. The van der Waals surface area contributed by atoms with E-state index in [0.717, 1.165) is 43.2 Å². The maximum absolute atomic E-state index is 11.4. The zero-order chi connectivity index (χ0) is 14.5. The first-order chi connectivity index (χ1) is 8.95. The molecule has 0 spiro atoms. The molecule has 0 radical (unpaired) electrons. The van der Waals surface area contributed by atoms with Gasteiger partial charge in [-0.25, -0.2) is 4.98 Å². The first-order valence-corrected chi connectivity index (χ1v) is 8.36. The predicted octanol–water partition coefficient (Wildman–Crippen LogP) is 3.19. The van der Waals surface area contributed by atoms with Crippen LogP contribution in [0.15, 0.2) is 11.2 Å². The smallest absolute Gasteiger partial charge is 0.281 e. The molecule has 0 aliphatic heterocycles. The second kappa shape index (κ2) is 7.01. The third-order valence-corrected chi connectivity index (χ3v) is 3.95. The fraction of sp³-hybridized carbons (Fsp3) is 0.643. The molecule has 1 aromatic rings. The Morgan fingerprint density at radius 1 is 1.00 bits per heavy atom. The van der Waals surface area contributed by atoms with Crippen molar-refractivity contribution in [3.8, 4) is 0 Å². The lowest BCUT2D eigenvalue weighted by Gasteiger charge is -2.16. The molecule has 0 fully saturated rings. The minimum Gasteiger partial charge on any atom is -0.281 e. The van der Waals surface area contributed by atoms with E-state index < -0.39 is 10.1 Å². The minimum absolute atomic E-state index is 0.155. The van der Waals surface area contributed by atoms with Gasteiger partial charge in [-0.2, -0.15) is 8.42 Å². The Kier molecular flexibility index (Phi) is 5.94. The maximum atomic E-state index is 11.4. The first kappa shape index (κ1) is 16.1. The van der Waals surface area contributed by atoms with Crippen molar-refractivity contribution in [3.05, 3.63) is 22.9 Å². The number of hydrogen-bond acceptors (Lipinski definition) is 3. The summed E-state index contributed by atoms with van der Waals surface area (Å²) < 4.78 is 32.2. The van der Waals surface area contributed by atoms with Gasteiger partial charge in [-0.1, -0.05) is 40.0 Å². The topological polar surface area (TPSA) is 67.3 Å². The molecule has 0 amide bonds. The van der Waals surface area contributed by atoms with Crippen LogP contribution in [0, 0.1) is 0 Å². The highest BCUT2D eigenvalue weighted by molar-refractivity contribution is 7.85. The molecule has 1 heterocycles. The summed E-state index contributed by atoms with van der Waals surface area (Å²) in [6.45, 7) is 6.15. The van der Waals surface area contributed by atoms with E-state index in [9.17, 15) is 13.0 Å². The summed E-state index contributed by atoms with van der Waals surface area (Å²) in [7, 11) is -4.24. The third kappa shape index (κ3) is 4.01. The molecule has 0 atom stereocenters. The van der Waals surface area contributed by atoms with E-state index in [2.05, 4.69) is 18.8 Å². The minimum atomic E-state index is -4.24. The molecule has 108 valence electrons. The number of rotatable bonds is 7. The van der Waals surface area contributed by atoms with Gasteiger partial charge in [0.25, 0.3) is 0 Å². The Bertz CT molecular complexity index is 524. The number of nitrogens with zero attached hydrogens (tertiary/aromatic N) is 1. The van der Waals surface area contributed by atoms with Gasteiger partial charge in [0.15, 0.2) is 5.03 Å². The monoisotopic (exact) mass is 285 g/mol. The van der Waals surface area contributed by atoms with Crippen molar-refractivity contribution in [2.45, 2.75) is 64.3 Å². The van der Waals surface area contributed by atoms with Gasteiger partial charge in [-0.3, -0.25) is 4.55 Å². The van der Waals surface area contributed by atoms with Crippen molar-refractivity contribution in [3.63, 3.8) is 0 Å². The summed E-state index contributed by atoms with van der Waals surface area (Å²) in [5.41, 5.74) is 2.88. The van der Waals surface area contributed by atoms with E-state index >= 15 is 0 Å². The van der Waals surface area contributed by atoms with Gasteiger partial charge in [0, 0.05) is 6.20 Å². The highest BCUT2D eigenvalue weighted by atomic mass is 32.2. The average molecular weight is 285 g/mol. The summed E-state index contributed by atoms with van der Waals surface area (Å²) in [4.78, 5) is 3.99. The molecule has 0 aromatic carbocycles. The molecule has 1 aromatic heterocycles. The average Bonchev–Trinajstić information content (AvgIpc) is 2.32. The van der Waals surface area contributed by atoms with Gasteiger partial charge in [-0.15, -0.1) is 0 Å². The van der Waals surface area contributed by atoms with Crippen LogP contribution >= 0.6 is 0 Å². The third-order valence-electron chi connectivity index (χ3n) is 3.11. The summed E-state index contributed by atoms with van der Waals surface area (Å²) in [6.07, 6.45) is 6.74. The normalized spacial score (nSPS) is 11.8. The SMILES string of the molecule is CCCc1cnc(S(=O)(=O)O)c(CCC)c1CCC. The van der Waals surface area contributed by atoms with Crippen molar-refractivity contribution >= 4 is 10.1 Å². The van der Waals surface area contributed by atoms with Crippen LogP contribution in [0.3, 0.4) is 0 Å². The molecule has 1 rings (SSSR count). The number of aromatic nitrogens is 1. The lowest BCUT2D eigenvalue weighted by Crippen LogP contribution is -2.12. The van der Waals surface area contributed by atoms with Crippen molar-refractivity contribution in [2.24, 2.45) is 0 Å². The van der Waals surface area contributed by atoms with Crippen molar-refractivity contribution < 1.29 is 13.0 Å². The Morgan fingerprint density at radius 2 is 1.53 bits per heavy atom. The van der Waals surface area contributed by atoms with E-state index in [1.807, 2.05) is 6.92 Å². The van der Waals surface area contributed by atoms with Crippen LogP contribution in [0.5, 0.6) is 0 Å². The Labute approximate surface area is 116 Å². The van der Waals surface area contributed by atoms with Gasteiger partial charge < -0.3 is 0 Å². The molecule has 4 nitrogen and oxygen atoms in total. The molecule has 1 N–H and O–H groups in total. The summed E-state index contributed by atoms with van der Waals surface area (Å²) in [5, 5.41) is -0.155. The Morgan fingerprint density at radius 3 is 2.00 bits per heavy atom. The molecule has 0 saturated heterocycles. The molecule has 0 bridgehead atoms. The second-order valence-corrected chi connectivity index (χ2v) is 6.11. The van der Waals surface area contributed by atoms with Crippen LogP contribution in [0.25, 0.3) is 0 Å². The first-order valence-electron chi connectivity index (χ1n) is 6.92. The van der Waals surface area contributed by atoms with E-state index in [0.29, 0.717) is 12.0 Å². The summed E-state index contributed by atoms with van der Waals surface area (Å²) in [6, 6.07) is 0. The molecule has 5 heteroatoms. The van der Waals surface area contributed by atoms with Gasteiger partial charge in [0.1, 0.15) is 0 Å². The highest BCUT2D eigenvalue weighted by Gasteiger charge is 2.21. The van der Waals surface area contributed by atoms with Gasteiger partial charge in [0.2, 0.25) is 0 Å². The number of pyridine rings is 1. The van der Waals surface area contributed by atoms with Crippen molar-refractivity contribution in [2.75, 3.05) is 0 Å². The van der Waals surface area contributed by atoms with E-state index in [-0.39, 0.29) is 5.03 Å². The van der Waals surface area contributed by atoms with Crippen LogP contribution in [-0.2, 0) is 29.4 Å². The maximum Gasteiger partial charge on any atom is 0.312 e. The predicted molar refractivity (Wildman–Crippen MR) is 76.0 cm³/mol. The molecule has 0 saturated carbocycles. The van der Waals surface area contributed by atoms with Gasteiger partial charge in [-0.05, 0) is 36.0 Å². The summed E-state index contributed by atoms with van der Waals surface area (Å²) in [5.74, 6) is 0. The van der Waals surface area contributed by atoms with E-state index in [4.69, 9.17) is 0 Å². The van der Waals surface area contributed by atoms with Crippen LogP contribution in [-0.4, -0.2) is 18.0 Å². The van der Waals surface area contributed by atoms with Gasteiger partial charge >= 0.3 is 10.1 Å². The largest absolute Gasteiger partial charge is 0.312 e. The van der Waals surface area contributed by atoms with Crippen LogP contribution in [0.1, 0.15) is 56.7 Å². The zero-order valence-electron chi connectivity index (χ0n) is 11.9. The number of aryl methyl sites for hydroxylation is 1. The quantitative estimate of drug-likeness (QED) is 0.781. The lowest BCUT2D eigenvalue weighted by molar-refractivity contribution is 0.477. The molecule has 0 aliphatic rings. The molecule has 0 aliphatic carbocycles. The molecule has 0 unspecified atom stereocenters. The lowest BCUT2D eigenvalue weighted by atomic mass is 9.95. The van der Waals surface area contributed by atoms with Crippen molar-refractivity contribution in [1.29, 1.82) is 0 Å². The standard InChI is InChI=1S/C14H23NO3S/c1-4-7-11-10-15-14(19(16,17)18)13(9-6-3)12(11)8-5-2/h10H,4-9H2,1-3H3,(H,16,17,18). The number of hydrogen-bond donors (Lipinski definition) is 1. The van der Waals surface area contributed by atoms with E-state index in [1.54, 1.807) is 6.20 Å². The highest BCUT2D eigenvalue weighted by Crippen LogP contribution is 2.25. The fourth-order valence-corrected chi connectivity index (χ4v) is 3.11. The molecular weight excluding hydrogens is 262 g/mol. The molecule has 19 heavy (non-hydrogen) atoms. The van der Waals surface area contributed by atoms with Crippen LogP contribution in [0.2, 0.25) is 0 Å². The van der Waals surface area contributed by atoms with E-state index in [1.165, 1.54) is 0 Å². The van der Waals surface area contributed by atoms with Crippen LogP contribution in [0.4, 0.5) is 0 Å².